The van der Waals surface area contributed by atoms with Gasteiger partial charge in [0.15, 0.2) is 5.83 Å². The first-order chi connectivity index (χ1) is 10.1. The molecule has 0 spiro atoms. The molecule has 0 saturated carbocycles. The number of benzene rings is 2. The molecule has 2 rings (SSSR count). The molecule has 0 saturated heterocycles. The molecular weight excluding hydrogens is 266 g/mol. The highest BCUT2D eigenvalue weighted by Crippen LogP contribution is 2.25. The van der Waals surface area contributed by atoms with Gasteiger partial charge >= 0.3 is 0 Å². The van der Waals surface area contributed by atoms with Gasteiger partial charge < -0.3 is 0 Å². The molecule has 0 nitrogen and oxygen atoms in total. The molecular formula is C19H20F2. The van der Waals surface area contributed by atoms with E-state index < -0.39 is 11.7 Å². The Morgan fingerprint density at radius 2 is 1.38 bits per heavy atom. The van der Waals surface area contributed by atoms with Crippen LogP contribution in [0.25, 0.3) is 5.83 Å². The smallest absolute Gasteiger partial charge is 0.161 e. The molecule has 0 bridgehead atoms. The second kappa shape index (κ2) is 7.16. The van der Waals surface area contributed by atoms with Crippen molar-refractivity contribution in [2.45, 2.75) is 33.1 Å². The molecule has 21 heavy (non-hydrogen) atoms. The monoisotopic (exact) mass is 286 g/mol. The first-order valence-electron chi connectivity index (χ1n) is 7.29. The van der Waals surface area contributed by atoms with Crippen molar-refractivity contribution in [1.29, 1.82) is 0 Å². The maximum absolute atomic E-state index is 13.8. The molecule has 0 aromatic heterocycles. The number of rotatable bonds is 5. The zero-order chi connectivity index (χ0) is 15.2. The third kappa shape index (κ3) is 4.25. The van der Waals surface area contributed by atoms with Gasteiger partial charge in [0.05, 0.1) is 0 Å². The Labute approximate surface area is 125 Å². The molecule has 110 valence electrons. The summed E-state index contributed by atoms with van der Waals surface area (Å²) in [6.07, 6.45) is 1.55. The number of hydrogen-bond donors (Lipinski definition) is 0. The van der Waals surface area contributed by atoms with Crippen LogP contribution < -0.4 is 0 Å². The molecule has 0 amide bonds. The summed E-state index contributed by atoms with van der Waals surface area (Å²) in [4.78, 5) is 0. The van der Waals surface area contributed by atoms with E-state index in [-0.39, 0.29) is 6.42 Å². The molecule has 0 N–H and O–H groups in total. The number of halogens is 2. The van der Waals surface area contributed by atoms with Crippen LogP contribution in [0.15, 0.2) is 54.4 Å². The van der Waals surface area contributed by atoms with Crippen molar-refractivity contribution < 1.29 is 8.78 Å². The van der Waals surface area contributed by atoms with Crippen LogP contribution in [0, 0.1) is 6.92 Å². The van der Waals surface area contributed by atoms with E-state index in [1.807, 2.05) is 19.1 Å². The molecule has 0 atom stereocenters. The third-order valence-corrected chi connectivity index (χ3v) is 3.44. The van der Waals surface area contributed by atoms with Crippen molar-refractivity contribution in [3.8, 4) is 0 Å². The van der Waals surface area contributed by atoms with Crippen molar-refractivity contribution in [2.75, 3.05) is 0 Å². The minimum Gasteiger partial charge on any atom is -0.209 e. The minimum atomic E-state index is -0.737. The summed E-state index contributed by atoms with van der Waals surface area (Å²) in [5.41, 5.74) is 3.84. The Bertz CT molecular complexity index is 607. The SMILES string of the molecule is CCC/C(F)=C(\F)c1ccc(Cc2ccc(C)cc2)cc1. The Morgan fingerprint density at radius 3 is 1.90 bits per heavy atom. The van der Waals surface area contributed by atoms with Crippen molar-refractivity contribution in [3.05, 3.63) is 76.6 Å². The molecule has 0 aliphatic heterocycles. The van der Waals surface area contributed by atoms with Crippen LogP contribution in [0.4, 0.5) is 8.78 Å². The van der Waals surface area contributed by atoms with Crippen molar-refractivity contribution in [1.82, 2.24) is 0 Å². The van der Waals surface area contributed by atoms with Crippen LogP contribution in [0.3, 0.4) is 0 Å². The van der Waals surface area contributed by atoms with Crippen molar-refractivity contribution >= 4 is 5.83 Å². The van der Waals surface area contributed by atoms with Gasteiger partial charge in [0.1, 0.15) is 5.83 Å². The van der Waals surface area contributed by atoms with E-state index in [0.717, 1.165) is 12.0 Å². The molecule has 2 aromatic carbocycles. The van der Waals surface area contributed by atoms with Gasteiger partial charge in [-0.25, -0.2) is 8.78 Å². The van der Waals surface area contributed by atoms with Crippen LogP contribution in [0.1, 0.15) is 42.0 Å². The van der Waals surface area contributed by atoms with Crippen LogP contribution in [0.2, 0.25) is 0 Å². The fraction of sp³-hybridized carbons (Fsp3) is 0.263. The normalized spacial score (nSPS) is 12.2. The molecule has 2 aromatic rings. The largest absolute Gasteiger partial charge is 0.209 e. The van der Waals surface area contributed by atoms with Gasteiger partial charge in [-0.15, -0.1) is 0 Å². The molecule has 0 unspecified atom stereocenters. The Balaban J connectivity index is 2.12. The topological polar surface area (TPSA) is 0 Å². The van der Waals surface area contributed by atoms with Gasteiger partial charge in [0, 0.05) is 12.0 Å². The fourth-order valence-electron chi connectivity index (χ4n) is 2.20. The van der Waals surface area contributed by atoms with Gasteiger partial charge in [-0.3, -0.25) is 0 Å². The van der Waals surface area contributed by atoms with Crippen LogP contribution in [-0.2, 0) is 6.42 Å². The van der Waals surface area contributed by atoms with Crippen LogP contribution in [0.5, 0.6) is 0 Å². The van der Waals surface area contributed by atoms with Crippen molar-refractivity contribution in [3.63, 3.8) is 0 Å². The average Bonchev–Trinajstić information content (AvgIpc) is 2.50. The van der Waals surface area contributed by atoms with Gasteiger partial charge in [0.2, 0.25) is 0 Å². The quantitative estimate of drug-likeness (QED) is 0.633. The summed E-state index contributed by atoms with van der Waals surface area (Å²) >= 11 is 0. The highest BCUT2D eigenvalue weighted by molar-refractivity contribution is 5.61. The summed E-state index contributed by atoms with van der Waals surface area (Å²) in [5, 5.41) is 0. The van der Waals surface area contributed by atoms with Gasteiger partial charge in [-0.1, -0.05) is 61.0 Å². The van der Waals surface area contributed by atoms with E-state index in [1.54, 1.807) is 12.1 Å². The lowest BCUT2D eigenvalue weighted by Crippen LogP contribution is -1.90. The van der Waals surface area contributed by atoms with Gasteiger partial charge in [-0.2, -0.15) is 0 Å². The second-order valence-corrected chi connectivity index (χ2v) is 5.33. The summed E-state index contributed by atoms with van der Waals surface area (Å²) in [6.45, 7) is 3.88. The maximum atomic E-state index is 13.8. The first kappa shape index (κ1) is 15.4. The number of aryl methyl sites for hydroxylation is 1. The highest BCUT2D eigenvalue weighted by Gasteiger charge is 2.08. The number of allylic oxidation sites excluding steroid dienone is 1. The lowest BCUT2D eigenvalue weighted by molar-refractivity contribution is 0.559. The fourth-order valence-corrected chi connectivity index (χ4v) is 2.20. The zero-order valence-corrected chi connectivity index (χ0v) is 12.5. The minimum absolute atomic E-state index is 0.150. The lowest BCUT2D eigenvalue weighted by atomic mass is 10.0. The molecule has 0 aliphatic carbocycles. The predicted octanol–water partition coefficient (Wildman–Crippen LogP) is 5.99. The first-order valence-corrected chi connectivity index (χ1v) is 7.29. The standard InChI is InChI=1S/C19H20F2/c1-3-4-18(20)19(21)17-11-9-16(10-12-17)13-15-7-5-14(2)6-8-15/h5-12H,3-4,13H2,1-2H3/b19-18+. The highest BCUT2D eigenvalue weighted by atomic mass is 19.2. The average molecular weight is 286 g/mol. The molecule has 0 heterocycles. The second-order valence-electron chi connectivity index (χ2n) is 5.33. The summed E-state index contributed by atoms with van der Waals surface area (Å²) in [7, 11) is 0. The van der Waals surface area contributed by atoms with Crippen molar-refractivity contribution in [2.24, 2.45) is 0 Å². The predicted molar refractivity (Wildman–Crippen MR) is 84.5 cm³/mol. The zero-order valence-electron chi connectivity index (χ0n) is 12.5. The Kier molecular flexibility index (Phi) is 5.26. The number of hydrogen-bond acceptors (Lipinski definition) is 0. The van der Waals surface area contributed by atoms with E-state index in [4.69, 9.17) is 0 Å². The van der Waals surface area contributed by atoms with E-state index in [1.165, 1.54) is 11.1 Å². The maximum Gasteiger partial charge on any atom is 0.161 e. The molecule has 2 heteroatoms. The van der Waals surface area contributed by atoms with E-state index in [2.05, 4.69) is 31.2 Å². The summed E-state index contributed by atoms with van der Waals surface area (Å²) in [5.74, 6) is -1.40. The molecule has 0 radical (unpaired) electrons. The van der Waals surface area contributed by atoms with Crippen LogP contribution in [-0.4, -0.2) is 0 Å². The van der Waals surface area contributed by atoms with E-state index >= 15 is 0 Å². The molecule has 0 aliphatic rings. The van der Waals surface area contributed by atoms with Gasteiger partial charge in [-0.05, 0) is 30.9 Å². The summed E-state index contributed by atoms with van der Waals surface area (Å²) < 4.78 is 27.3. The van der Waals surface area contributed by atoms with Gasteiger partial charge in [0.25, 0.3) is 0 Å². The summed E-state index contributed by atoms with van der Waals surface area (Å²) in [6, 6.07) is 15.3. The van der Waals surface area contributed by atoms with Crippen LogP contribution >= 0.6 is 0 Å². The third-order valence-electron chi connectivity index (χ3n) is 3.44. The van der Waals surface area contributed by atoms with E-state index in [0.29, 0.717) is 12.0 Å². The molecule has 0 fully saturated rings. The van der Waals surface area contributed by atoms with E-state index in [9.17, 15) is 8.78 Å². The Hall–Kier alpha value is -1.96. The Morgan fingerprint density at radius 1 is 0.857 bits per heavy atom. The lowest BCUT2D eigenvalue weighted by Gasteiger charge is -2.05.